The second-order valence-electron chi connectivity index (χ2n) is 3.12. The van der Waals surface area contributed by atoms with Gasteiger partial charge in [-0.2, -0.15) is 0 Å². The Hall–Kier alpha value is -1.22. The van der Waals surface area contributed by atoms with E-state index in [4.69, 9.17) is 5.73 Å². The molecule has 3 N–H and O–H groups in total. The van der Waals surface area contributed by atoms with Crippen LogP contribution in [-0.4, -0.2) is 26.1 Å². The van der Waals surface area contributed by atoms with Crippen LogP contribution in [0.2, 0.25) is 0 Å². The quantitative estimate of drug-likeness (QED) is 0.779. The van der Waals surface area contributed by atoms with E-state index in [2.05, 4.69) is 15.0 Å². The van der Waals surface area contributed by atoms with E-state index >= 15 is 0 Å². The molecular formula is C9H10IN5O. The van der Waals surface area contributed by atoms with Gasteiger partial charge in [0, 0.05) is 18.8 Å². The van der Waals surface area contributed by atoms with Gasteiger partial charge in [-0.1, -0.05) is 0 Å². The van der Waals surface area contributed by atoms with Gasteiger partial charge >= 0.3 is 0 Å². The van der Waals surface area contributed by atoms with E-state index in [1.807, 2.05) is 22.6 Å². The van der Waals surface area contributed by atoms with Gasteiger partial charge in [0.25, 0.3) is 5.56 Å². The molecule has 2 aromatic rings. The van der Waals surface area contributed by atoms with Gasteiger partial charge in [0.15, 0.2) is 5.82 Å². The Kier molecular flexibility index (Phi) is 3.34. The third-order valence-corrected chi connectivity index (χ3v) is 3.06. The van der Waals surface area contributed by atoms with Crippen molar-refractivity contribution in [3.63, 3.8) is 0 Å². The average Bonchev–Trinajstić information content (AvgIpc) is 2.71. The number of aromatic nitrogens is 4. The molecule has 0 aliphatic carbocycles. The van der Waals surface area contributed by atoms with Gasteiger partial charge in [-0.15, -0.1) is 0 Å². The van der Waals surface area contributed by atoms with Crippen LogP contribution in [0, 0.1) is 3.57 Å². The Labute approximate surface area is 105 Å². The van der Waals surface area contributed by atoms with Crippen LogP contribution < -0.4 is 11.3 Å². The zero-order chi connectivity index (χ0) is 11.5. The number of nitrogens with two attached hydrogens (primary N) is 1. The molecule has 0 fully saturated rings. The molecule has 0 aliphatic heterocycles. The van der Waals surface area contributed by atoms with E-state index < -0.39 is 0 Å². The Morgan fingerprint density at radius 2 is 2.31 bits per heavy atom. The lowest BCUT2D eigenvalue weighted by Crippen LogP contribution is -2.17. The van der Waals surface area contributed by atoms with Gasteiger partial charge in [0.1, 0.15) is 9.39 Å². The highest BCUT2D eigenvalue weighted by molar-refractivity contribution is 14.1. The van der Waals surface area contributed by atoms with E-state index in [-0.39, 0.29) is 5.56 Å². The lowest BCUT2D eigenvalue weighted by molar-refractivity contribution is 0.814. The Morgan fingerprint density at radius 1 is 1.50 bits per heavy atom. The normalized spacial score (nSPS) is 10.6. The Balaban J connectivity index is 2.54. The van der Waals surface area contributed by atoms with Crippen LogP contribution in [-0.2, 0) is 6.42 Å². The summed E-state index contributed by atoms with van der Waals surface area (Å²) in [6.45, 7) is 0.511. The first-order valence-corrected chi connectivity index (χ1v) is 5.77. The van der Waals surface area contributed by atoms with Crippen molar-refractivity contribution >= 4 is 22.6 Å². The summed E-state index contributed by atoms with van der Waals surface area (Å²) in [7, 11) is 0. The summed E-state index contributed by atoms with van der Waals surface area (Å²) in [6.07, 6.45) is 5.47. The minimum Gasteiger partial charge on any atom is -0.330 e. The Morgan fingerprint density at radius 3 is 3.06 bits per heavy atom. The van der Waals surface area contributed by atoms with Gasteiger partial charge in [-0.25, -0.2) is 9.97 Å². The molecule has 0 aliphatic rings. The maximum Gasteiger partial charge on any atom is 0.266 e. The highest BCUT2D eigenvalue weighted by atomic mass is 127. The molecule has 2 heterocycles. The highest BCUT2D eigenvalue weighted by Crippen LogP contribution is 2.11. The largest absolute Gasteiger partial charge is 0.330 e. The number of hydrogen-bond acceptors (Lipinski definition) is 4. The third kappa shape index (κ3) is 2.00. The smallest absolute Gasteiger partial charge is 0.266 e. The number of nitrogens with one attached hydrogen (secondary N) is 1. The number of rotatable bonds is 3. The lowest BCUT2D eigenvalue weighted by atomic mass is 10.4. The first-order valence-electron chi connectivity index (χ1n) is 4.70. The minimum absolute atomic E-state index is 0.155. The number of H-pyrrole nitrogens is 1. The summed E-state index contributed by atoms with van der Waals surface area (Å²) in [5, 5.41) is 0. The van der Waals surface area contributed by atoms with Crippen molar-refractivity contribution in [3.05, 3.63) is 38.5 Å². The van der Waals surface area contributed by atoms with Crippen molar-refractivity contribution < 1.29 is 0 Å². The summed E-state index contributed by atoms with van der Waals surface area (Å²) in [5.41, 5.74) is 5.34. The van der Waals surface area contributed by atoms with Crippen LogP contribution in [0.25, 0.3) is 5.82 Å². The monoisotopic (exact) mass is 331 g/mol. The van der Waals surface area contributed by atoms with Crippen LogP contribution >= 0.6 is 22.6 Å². The van der Waals surface area contributed by atoms with Crippen LogP contribution in [0.5, 0.6) is 0 Å². The van der Waals surface area contributed by atoms with Crippen molar-refractivity contribution in [1.82, 2.24) is 19.5 Å². The first kappa shape index (κ1) is 11.3. The van der Waals surface area contributed by atoms with Gasteiger partial charge in [0.05, 0.1) is 6.33 Å². The predicted octanol–water partition coefficient (Wildman–Crippen LogP) is 0.0614. The summed E-state index contributed by atoms with van der Waals surface area (Å²) in [4.78, 5) is 22.3. The van der Waals surface area contributed by atoms with E-state index in [1.165, 1.54) is 6.33 Å². The summed E-state index contributed by atoms with van der Waals surface area (Å²) >= 11 is 1.96. The van der Waals surface area contributed by atoms with Gasteiger partial charge in [0.2, 0.25) is 0 Å². The SMILES string of the molecule is NCCc1nccn1-c1nc[nH]c(=O)c1I. The summed E-state index contributed by atoms with van der Waals surface area (Å²) in [5.74, 6) is 1.39. The van der Waals surface area contributed by atoms with Gasteiger partial charge in [-0.05, 0) is 29.1 Å². The number of halogens is 1. The molecule has 0 bridgehead atoms. The van der Waals surface area contributed by atoms with Crippen molar-refractivity contribution in [1.29, 1.82) is 0 Å². The lowest BCUT2D eigenvalue weighted by Gasteiger charge is -2.06. The molecule has 0 amide bonds. The second-order valence-corrected chi connectivity index (χ2v) is 4.20. The molecule has 0 spiro atoms. The molecule has 0 saturated heterocycles. The highest BCUT2D eigenvalue weighted by Gasteiger charge is 2.10. The molecule has 7 heteroatoms. The molecule has 84 valence electrons. The van der Waals surface area contributed by atoms with Gasteiger partial charge < -0.3 is 10.7 Å². The fourth-order valence-corrected chi connectivity index (χ4v) is 1.94. The molecular weight excluding hydrogens is 321 g/mol. The minimum atomic E-state index is -0.155. The molecule has 0 atom stereocenters. The molecule has 0 unspecified atom stereocenters. The maximum absolute atomic E-state index is 11.4. The number of hydrogen-bond donors (Lipinski definition) is 2. The first-order chi connectivity index (χ1) is 7.74. The van der Waals surface area contributed by atoms with Crippen molar-refractivity contribution in [2.24, 2.45) is 5.73 Å². The van der Waals surface area contributed by atoms with E-state index in [1.54, 1.807) is 17.0 Å². The average molecular weight is 331 g/mol. The zero-order valence-electron chi connectivity index (χ0n) is 8.35. The van der Waals surface area contributed by atoms with Crippen LogP contribution in [0.4, 0.5) is 0 Å². The summed E-state index contributed by atoms with van der Waals surface area (Å²) < 4.78 is 2.32. The number of aromatic amines is 1. The summed E-state index contributed by atoms with van der Waals surface area (Å²) in [6, 6.07) is 0. The fourth-order valence-electron chi connectivity index (χ4n) is 1.38. The molecule has 2 rings (SSSR count). The molecule has 0 aromatic carbocycles. The number of imidazole rings is 1. The van der Waals surface area contributed by atoms with Gasteiger partial charge in [-0.3, -0.25) is 9.36 Å². The zero-order valence-corrected chi connectivity index (χ0v) is 10.5. The van der Waals surface area contributed by atoms with E-state index in [9.17, 15) is 4.79 Å². The van der Waals surface area contributed by atoms with E-state index in [0.717, 1.165) is 5.82 Å². The van der Waals surface area contributed by atoms with Crippen LogP contribution in [0.15, 0.2) is 23.5 Å². The van der Waals surface area contributed by atoms with Crippen LogP contribution in [0.1, 0.15) is 5.82 Å². The van der Waals surface area contributed by atoms with Crippen LogP contribution in [0.3, 0.4) is 0 Å². The second kappa shape index (κ2) is 4.74. The predicted molar refractivity (Wildman–Crippen MR) is 67.5 cm³/mol. The molecule has 0 radical (unpaired) electrons. The van der Waals surface area contributed by atoms with E-state index in [0.29, 0.717) is 22.4 Å². The molecule has 6 nitrogen and oxygen atoms in total. The molecule has 0 saturated carbocycles. The Bertz CT molecular complexity index is 547. The van der Waals surface area contributed by atoms with Crippen molar-refractivity contribution in [2.45, 2.75) is 6.42 Å². The molecule has 16 heavy (non-hydrogen) atoms. The molecule has 2 aromatic heterocycles. The number of nitrogens with zero attached hydrogens (tertiary/aromatic N) is 3. The topological polar surface area (TPSA) is 89.6 Å². The van der Waals surface area contributed by atoms with Crippen molar-refractivity contribution in [2.75, 3.05) is 6.54 Å². The maximum atomic E-state index is 11.4. The van der Waals surface area contributed by atoms with Crippen molar-refractivity contribution in [3.8, 4) is 5.82 Å². The standard InChI is InChI=1S/C9H10IN5O/c10-7-8(13-5-14-9(7)16)15-4-3-12-6(15)1-2-11/h3-5H,1-2,11H2,(H,13,14,16). The third-order valence-electron chi connectivity index (χ3n) is 2.09. The fraction of sp³-hybridized carbons (Fsp3) is 0.222.